The molecule has 2 aliphatic heterocycles. The molecule has 0 aliphatic carbocycles. The van der Waals surface area contributed by atoms with Crippen molar-refractivity contribution in [3.05, 3.63) is 65.7 Å². The highest BCUT2D eigenvalue weighted by Gasteiger charge is 2.23. The van der Waals surface area contributed by atoms with Crippen LogP contribution in [0.3, 0.4) is 0 Å². The maximum Gasteiger partial charge on any atom is 0.166 e. The fourth-order valence-corrected chi connectivity index (χ4v) is 5.24. The normalized spacial score (nSPS) is 19.3. The first kappa shape index (κ1) is 24.0. The first-order valence-corrected chi connectivity index (χ1v) is 13.0. The van der Waals surface area contributed by atoms with Crippen LogP contribution in [0.2, 0.25) is 0 Å². The van der Waals surface area contributed by atoms with Crippen molar-refractivity contribution in [1.29, 1.82) is 0 Å². The van der Waals surface area contributed by atoms with E-state index >= 15 is 0 Å². The van der Waals surface area contributed by atoms with Crippen LogP contribution >= 0.6 is 0 Å². The second kappa shape index (κ2) is 12.3. The molecule has 0 spiro atoms. The number of benzene rings is 2. The van der Waals surface area contributed by atoms with Crippen molar-refractivity contribution in [2.75, 3.05) is 39.3 Å². The van der Waals surface area contributed by atoms with Gasteiger partial charge in [0.05, 0.1) is 5.56 Å². The number of ether oxygens (including phenoxy) is 1. The quantitative estimate of drug-likeness (QED) is 0.431. The van der Waals surface area contributed by atoms with Crippen LogP contribution in [-0.2, 0) is 0 Å². The van der Waals surface area contributed by atoms with Crippen LogP contribution in [-0.4, -0.2) is 61.0 Å². The van der Waals surface area contributed by atoms with E-state index in [4.69, 9.17) is 4.74 Å². The van der Waals surface area contributed by atoms with Crippen LogP contribution in [0.5, 0.6) is 5.75 Å². The molecule has 2 heterocycles. The predicted octanol–water partition coefficient (Wildman–Crippen LogP) is 5.78. The Morgan fingerprint density at radius 1 is 0.909 bits per heavy atom. The molecule has 2 fully saturated rings. The van der Waals surface area contributed by atoms with Crippen molar-refractivity contribution in [2.24, 2.45) is 0 Å². The van der Waals surface area contributed by atoms with E-state index in [0.717, 1.165) is 56.8 Å². The number of para-hydroxylation sites is 1. The lowest BCUT2D eigenvalue weighted by atomic mass is 9.99. The molecule has 2 aromatic rings. The summed E-state index contributed by atoms with van der Waals surface area (Å²) >= 11 is 0. The lowest BCUT2D eigenvalue weighted by Gasteiger charge is -2.34. The number of carbonyl (C=O) groups is 1. The molecule has 4 heteroatoms. The van der Waals surface area contributed by atoms with Crippen LogP contribution < -0.4 is 4.74 Å². The van der Waals surface area contributed by atoms with Gasteiger partial charge in [-0.1, -0.05) is 55.8 Å². The van der Waals surface area contributed by atoms with Gasteiger partial charge in [-0.25, -0.2) is 0 Å². The van der Waals surface area contributed by atoms with Gasteiger partial charge >= 0.3 is 0 Å². The van der Waals surface area contributed by atoms with Gasteiger partial charge in [-0.15, -0.1) is 0 Å². The summed E-state index contributed by atoms with van der Waals surface area (Å²) in [6.45, 7) is 8.91. The van der Waals surface area contributed by atoms with Crippen LogP contribution in [0.4, 0.5) is 0 Å². The van der Waals surface area contributed by atoms with Crippen LogP contribution in [0, 0.1) is 0 Å². The average Bonchev–Trinajstić information content (AvgIpc) is 2.86. The highest BCUT2D eigenvalue weighted by atomic mass is 16.5. The maximum atomic E-state index is 13.0. The molecule has 0 radical (unpaired) electrons. The van der Waals surface area contributed by atoms with Crippen molar-refractivity contribution >= 4 is 5.78 Å². The van der Waals surface area contributed by atoms with Crippen molar-refractivity contribution in [3.63, 3.8) is 0 Å². The molecule has 178 valence electrons. The Morgan fingerprint density at radius 3 is 2.36 bits per heavy atom. The molecule has 2 saturated heterocycles. The summed E-state index contributed by atoms with van der Waals surface area (Å²) < 4.78 is 6.38. The van der Waals surface area contributed by atoms with Gasteiger partial charge in [0, 0.05) is 26.1 Å². The Morgan fingerprint density at radius 2 is 1.61 bits per heavy atom. The van der Waals surface area contributed by atoms with E-state index in [2.05, 4.69) is 47.1 Å². The summed E-state index contributed by atoms with van der Waals surface area (Å²) in [5.41, 5.74) is 2.17. The summed E-state index contributed by atoms with van der Waals surface area (Å²) in [5, 5.41) is 0. The third-order valence-corrected chi connectivity index (χ3v) is 7.24. The largest absolute Gasteiger partial charge is 0.490 e. The smallest absolute Gasteiger partial charge is 0.166 e. The Bertz CT molecular complexity index is 855. The Hall–Kier alpha value is -2.17. The molecule has 0 amide bonds. The number of carbonyl (C=O) groups excluding carboxylic acids is 1. The number of hydrogen-bond donors (Lipinski definition) is 0. The SMILES string of the molecule is CC(CN1CCC(Oc2ccccc2C(=O)CCCN2CCCCC2)CC1)c1ccccc1. The third kappa shape index (κ3) is 7.15. The summed E-state index contributed by atoms with van der Waals surface area (Å²) in [5.74, 6) is 1.53. The van der Waals surface area contributed by atoms with Crippen molar-refractivity contribution in [1.82, 2.24) is 9.80 Å². The minimum absolute atomic E-state index is 0.190. The monoisotopic (exact) mass is 448 g/mol. The summed E-state index contributed by atoms with van der Waals surface area (Å²) in [6, 6.07) is 18.6. The topological polar surface area (TPSA) is 32.8 Å². The van der Waals surface area contributed by atoms with Crippen LogP contribution in [0.25, 0.3) is 0 Å². The average molecular weight is 449 g/mol. The summed E-state index contributed by atoms with van der Waals surface area (Å²) in [7, 11) is 0. The minimum atomic E-state index is 0.190. The van der Waals surface area contributed by atoms with Crippen molar-refractivity contribution in [2.45, 2.75) is 63.9 Å². The van der Waals surface area contributed by atoms with Gasteiger partial charge in [0.1, 0.15) is 11.9 Å². The van der Waals surface area contributed by atoms with E-state index in [0.29, 0.717) is 12.3 Å². The minimum Gasteiger partial charge on any atom is -0.490 e. The highest BCUT2D eigenvalue weighted by Crippen LogP contribution is 2.26. The Kier molecular flexibility index (Phi) is 8.96. The number of Topliss-reactive ketones (excluding diaryl/α,β-unsaturated/α-hetero) is 1. The molecule has 2 aliphatic rings. The van der Waals surface area contributed by atoms with Crippen molar-refractivity contribution in [3.8, 4) is 5.75 Å². The van der Waals surface area contributed by atoms with Crippen molar-refractivity contribution < 1.29 is 9.53 Å². The fourth-order valence-electron chi connectivity index (χ4n) is 5.24. The first-order valence-electron chi connectivity index (χ1n) is 13.0. The first-order chi connectivity index (χ1) is 16.2. The van der Waals surface area contributed by atoms with Gasteiger partial charge in [-0.3, -0.25) is 4.79 Å². The second-order valence-electron chi connectivity index (χ2n) is 9.85. The standard InChI is InChI=1S/C29H40N2O2/c1-24(25-11-4-2-5-12-25)23-31-21-16-26(17-22-31)33-29-15-7-6-13-27(29)28(32)14-10-20-30-18-8-3-9-19-30/h2,4-7,11-13,15,24,26H,3,8-10,14,16-23H2,1H3. The van der Waals surface area contributed by atoms with Crippen LogP contribution in [0.15, 0.2) is 54.6 Å². The van der Waals surface area contributed by atoms with E-state index in [-0.39, 0.29) is 11.9 Å². The molecule has 0 saturated carbocycles. The molecule has 1 unspecified atom stereocenters. The third-order valence-electron chi connectivity index (χ3n) is 7.24. The molecular formula is C29H40N2O2. The van der Waals surface area contributed by atoms with Gasteiger partial charge in [-0.05, 0) is 75.4 Å². The zero-order chi connectivity index (χ0) is 22.9. The molecule has 0 bridgehead atoms. The maximum absolute atomic E-state index is 13.0. The van der Waals surface area contributed by atoms with Crippen LogP contribution in [0.1, 0.15) is 73.7 Å². The van der Waals surface area contributed by atoms with E-state index in [1.54, 1.807) is 0 Å². The molecule has 4 nitrogen and oxygen atoms in total. The molecule has 4 rings (SSSR count). The number of nitrogens with zero attached hydrogens (tertiary/aromatic N) is 2. The molecular weight excluding hydrogens is 408 g/mol. The molecule has 2 aromatic carbocycles. The van der Waals surface area contributed by atoms with E-state index in [9.17, 15) is 4.79 Å². The zero-order valence-electron chi connectivity index (χ0n) is 20.3. The number of piperidine rings is 2. The Labute approximate surface area is 199 Å². The number of likely N-dealkylation sites (tertiary alicyclic amines) is 2. The second-order valence-corrected chi connectivity index (χ2v) is 9.85. The van der Waals surface area contributed by atoms with E-state index in [1.807, 2.05) is 24.3 Å². The van der Waals surface area contributed by atoms with Gasteiger partial charge < -0.3 is 14.5 Å². The lowest BCUT2D eigenvalue weighted by molar-refractivity contribution is 0.0908. The highest BCUT2D eigenvalue weighted by molar-refractivity contribution is 5.98. The predicted molar refractivity (Wildman–Crippen MR) is 135 cm³/mol. The summed E-state index contributed by atoms with van der Waals surface area (Å²) in [6.07, 6.45) is 7.71. The molecule has 1 atom stereocenters. The number of hydrogen-bond acceptors (Lipinski definition) is 4. The molecule has 0 aromatic heterocycles. The number of rotatable bonds is 10. The number of ketones is 1. The lowest BCUT2D eigenvalue weighted by Crippen LogP contribution is -2.40. The molecule has 33 heavy (non-hydrogen) atoms. The van der Waals surface area contributed by atoms with Gasteiger partial charge in [0.25, 0.3) is 0 Å². The van der Waals surface area contributed by atoms with E-state index < -0.39 is 0 Å². The van der Waals surface area contributed by atoms with Gasteiger partial charge in [0.2, 0.25) is 0 Å². The fraction of sp³-hybridized carbons (Fsp3) is 0.552. The zero-order valence-corrected chi connectivity index (χ0v) is 20.3. The van der Waals surface area contributed by atoms with Gasteiger partial charge in [-0.2, -0.15) is 0 Å². The van der Waals surface area contributed by atoms with E-state index in [1.165, 1.54) is 37.9 Å². The molecule has 0 N–H and O–H groups in total. The van der Waals surface area contributed by atoms with Gasteiger partial charge in [0.15, 0.2) is 5.78 Å². The summed E-state index contributed by atoms with van der Waals surface area (Å²) in [4.78, 5) is 18.0. The Balaban J connectivity index is 1.23.